The maximum atomic E-state index is 12.5. The summed E-state index contributed by atoms with van der Waals surface area (Å²) < 4.78 is 31.9. The van der Waals surface area contributed by atoms with Crippen LogP contribution in [0.4, 0.5) is 0 Å². The molecule has 1 heterocycles. The highest BCUT2D eigenvalue weighted by atomic mass is 79.9. The van der Waals surface area contributed by atoms with Crippen molar-refractivity contribution < 1.29 is 13.2 Å². The topological polar surface area (TPSA) is 72.6 Å². The Labute approximate surface area is 115 Å². The van der Waals surface area contributed by atoms with Crippen LogP contribution in [0.1, 0.15) is 6.42 Å². The number of benzene rings is 1. The highest BCUT2D eigenvalue weighted by molar-refractivity contribution is 9.10. The Bertz CT molecular complexity index is 547. The first-order valence-corrected chi connectivity index (χ1v) is 7.77. The van der Waals surface area contributed by atoms with Crippen LogP contribution < -0.4 is 10.5 Å². The molecule has 1 atom stereocenters. The van der Waals surface area contributed by atoms with Crippen molar-refractivity contribution >= 4 is 26.0 Å². The number of hydrogen-bond acceptors (Lipinski definition) is 4. The number of halogens is 1. The van der Waals surface area contributed by atoms with Gasteiger partial charge in [0.25, 0.3) is 0 Å². The Morgan fingerprint density at radius 1 is 1.50 bits per heavy atom. The van der Waals surface area contributed by atoms with Gasteiger partial charge in [0, 0.05) is 29.7 Å². The predicted octanol–water partition coefficient (Wildman–Crippen LogP) is 1.18. The second-order valence-corrected chi connectivity index (χ2v) is 6.97. The summed E-state index contributed by atoms with van der Waals surface area (Å²) in [7, 11) is -2.00. The highest BCUT2D eigenvalue weighted by Crippen LogP contribution is 2.30. The molecule has 1 fully saturated rings. The molecule has 100 valence electrons. The molecule has 0 amide bonds. The van der Waals surface area contributed by atoms with Gasteiger partial charge in [-0.1, -0.05) is 0 Å². The summed E-state index contributed by atoms with van der Waals surface area (Å²) in [6, 6.07) is 4.81. The minimum atomic E-state index is -3.51. The number of nitrogens with two attached hydrogens (primary N) is 1. The average Bonchev–Trinajstić information content (AvgIpc) is 2.77. The molecule has 7 heteroatoms. The molecule has 0 aliphatic carbocycles. The Morgan fingerprint density at radius 2 is 2.22 bits per heavy atom. The lowest BCUT2D eigenvalue weighted by Crippen LogP contribution is -2.32. The van der Waals surface area contributed by atoms with Crippen molar-refractivity contribution in [2.45, 2.75) is 17.4 Å². The van der Waals surface area contributed by atoms with Gasteiger partial charge in [-0.05, 0) is 34.5 Å². The lowest BCUT2D eigenvalue weighted by molar-refractivity contribution is 0.412. The number of methoxy groups -OCH3 is 1. The molecule has 0 saturated carbocycles. The predicted molar refractivity (Wildman–Crippen MR) is 72.0 cm³/mol. The summed E-state index contributed by atoms with van der Waals surface area (Å²) in [6.07, 6.45) is 0.695. The summed E-state index contributed by atoms with van der Waals surface area (Å²) >= 11 is 3.27. The normalized spacial score (nSPS) is 21.2. The first-order chi connectivity index (χ1) is 8.45. The maximum Gasteiger partial charge on any atom is 0.244 e. The molecule has 1 aliphatic heterocycles. The highest BCUT2D eigenvalue weighted by Gasteiger charge is 2.32. The number of rotatable bonds is 3. The fourth-order valence-corrected chi connectivity index (χ4v) is 4.37. The van der Waals surface area contributed by atoms with E-state index in [1.807, 2.05) is 0 Å². The Kier molecular flexibility index (Phi) is 3.96. The van der Waals surface area contributed by atoms with E-state index in [1.54, 1.807) is 12.1 Å². The summed E-state index contributed by atoms with van der Waals surface area (Å²) in [5.41, 5.74) is 5.75. The van der Waals surface area contributed by atoms with Gasteiger partial charge in [0.15, 0.2) is 0 Å². The van der Waals surface area contributed by atoms with Gasteiger partial charge in [-0.2, -0.15) is 4.31 Å². The lowest BCUT2D eigenvalue weighted by Gasteiger charge is -2.17. The van der Waals surface area contributed by atoms with Crippen molar-refractivity contribution in [1.82, 2.24) is 4.31 Å². The third-order valence-corrected chi connectivity index (χ3v) is 5.80. The smallest absolute Gasteiger partial charge is 0.244 e. The van der Waals surface area contributed by atoms with E-state index in [9.17, 15) is 8.42 Å². The molecule has 18 heavy (non-hydrogen) atoms. The number of hydrogen-bond donors (Lipinski definition) is 1. The zero-order chi connectivity index (χ0) is 13.3. The van der Waals surface area contributed by atoms with Crippen LogP contribution in [0.5, 0.6) is 5.75 Å². The van der Waals surface area contributed by atoms with Crippen LogP contribution in [0, 0.1) is 0 Å². The van der Waals surface area contributed by atoms with Crippen LogP contribution in [-0.2, 0) is 10.0 Å². The van der Waals surface area contributed by atoms with Gasteiger partial charge in [0.2, 0.25) is 10.0 Å². The van der Waals surface area contributed by atoms with Crippen molar-refractivity contribution in [3.63, 3.8) is 0 Å². The summed E-state index contributed by atoms with van der Waals surface area (Å²) in [4.78, 5) is 0.218. The molecule has 0 aromatic heterocycles. The zero-order valence-electron chi connectivity index (χ0n) is 9.97. The van der Waals surface area contributed by atoms with E-state index in [0.717, 1.165) is 0 Å². The van der Waals surface area contributed by atoms with Gasteiger partial charge in [-0.15, -0.1) is 0 Å². The summed E-state index contributed by atoms with van der Waals surface area (Å²) in [6.45, 7) is 0.832. The number of sulfonamides is 1. The van der Waals surface area contributed by atoms with Crippen molar-refractivity contribution in [1.29, 1.82) is 0 Å². The number of ether oxygens (including phenoxy) is 1. The zero-order valence-corrected chi connectivity index (χ0v) is 12.4. The molecular formula is C11H15BrN2O3S. The lowest BCUT2D eigenvalue weighted by atomic mass is 10.3. The monoisotopic (exact) mass is 334 g/mol. The third-order valence-electron chi connectivity index (χ3n) is 2.94. The van der Waals surface area contributed by atoms with E-state index in [-0.39, 0.29) is 10.9 Å². The van der Waals surface area contributed by atoms with Crippen LogP contribution in [0.2, 0.25) is 0 Å². The van der Waals surface area contributed by atoms with Gasteiger partial charge >= 0.3 is 0 Å². The molecule has 0 spiro atoms. The molecule has 2 rings (SSSR count). The van der Waals surface area contributed by atoms with Crippen LogP contribution in [-0.4, -0.2) is 39.0 Å². The van der Waals surface area contributed by atoms with E-state index in [2.05, 4.69) is 15.9 Å². The second-order valence-electron chi connectivity index (χ2n) is 4.21. The minimum Gasteiger partial charge on any atom is -0.497 e. The van der Waals surface area contributed by atoms with E-state index >= 15 is 0 Å². The Morgan fingerprint density at radius 3 is 2.78 bits per heavy atom. The van der Waals surface area contributed by atoms with Gasteiger partial charge < -0.3 is 10.5 Å². The molecule has 1 aromatic carbocycles. The van der Waals surface area contributed by atoms with Crippen LogP contribution in [0.25, 0.3) is 0 Å². The van der Waals surface area contributed by atoms with Crippen molar-refractivity contribution in [2.24, 2.45) is 5.73 Å². The van der Waals surface area contributed by atoms with E-state index in [0.29, 0.717) is 29.7 Å². The van der Waals surface area contributed by atoms with E-state index in [4.69, 9.17) is 10.5 Å². The molecule has 5 nitrogen and oxygen atoms in total. The fraction of sp³-hybridized carbons (Fsp3) is 0.455. The third kappa shape index (κ3) is 2.54. The maximum absolute atomic E-state index is 12.5. The molecule has 0 unspecified atom stereocenters. The molecular weight excluding hydrogens is 320 g/mol. The van der Waals surface area contributed by atoms with Gasteiger partial charge in [0.05, 0.1) is 7.11 Å². The molecule has 1 saturated heterocycles. The van der Waals surface area contributed by atoms with Gasteiger partial charge in [0.1, 0.15) is 10.6 Å². The van der Waals surface area contributed by atoms with Gasteiger partial charge in [-0.25, -0.2) is 8.42 Å². The van der Waals surface area contributed by atoms with Gasteiger partial charge in [-0.3, -0.25) is 0 Å². The largest absolute Gasteiger partial charge is 0.497 e. The summed E-state index contributed by atoms with van der Waals surface area (Å²) in [5, 5.41) is 0. The van der Waals surface area contributed by atoms with E-state index in [1.165, 1.54) is 17.5 Å². The van der Waals surface area contributed by atoms with Crippen LogP contribution >= 0.6 is 15.9 Å². The Balaban J connectivity index is 2.40. The SMILES string of the molecule is COc1ccc(Br)c(S(=O)(=O)N2CC[C@@H](N)C2)c1. The summed E-state index contributed by atoms with van der Waals surface area (Å²) in [5.74, 6) is 0.514. The van der Waals surface area contributed by atoms with Crippen molar-refractivity contribution in [3.05, 3.63) is 22.7 Å². The minimum absolute atomic E-state index is 0.0795. The molecule has 0 radical (unpaired) electrons. The second kappa shape index (κ2) is 5.16. The van der Waals surface area contributed by atoms with E-state index < -0.39 is 10.0 Å². The van der Waals surface area contributed by atoms with Crippen molar-refractivity contribution in [2.75, 3.05) is 20.2 Å². The Hall–Kier alpha value is -0.630. The molecule has 2 N–H and O–H groups in total. The van der Waals surface area contributed by atoms with Crippen LogP contribution in [0.3, 0.4) is 0 Å². The fourth-order valence-electron chi connectivity index (χ4n) is 1.92. The first-order valence-electron chi connectivity index (χ1n) is 5.54. The number of nitrogens with zero attached hydrogens (tertiary/aromatic N) is 1. The molecule has 1 aliphatic rings. The van der Waals surface area contributed by atoms with Crippen LogP contribution in [0.15, 0.2) is 27.6 Å². The quantitative estimate of drug-likeness (QED) is 0.900. The first kappa shape index (κ1) is 13.8. The van der Waals surface area contributed by atoms with Crippen molar-refractivity contribution in [3.8, 4) is 5.75 Å². The molecule has 0 bridgehead atoms. The standard InChI is InChI=1S/C11H15BrN2O3S/c1-17-9-2-3-10(12)11(6-9)18(15,16)14-5-4-8(13)7-14/h2-3,6,8H,4-5,7,13H2,1H3/t8-/m1/s1. The average molecular weight is 335 g/mol. The molecule has 1 aromatic rings.